The molecular weight excluding hydrogens is 363 g/mol. The minimum absolute atomic E-state index is 0.0723. The third kappa shape index (κ3) is 3.08. The Labute approximate surface area is 155 Å². The molecule has 2 heterocycles. The Hall–Kier alpha value is -1.70. The largest absolute Gasteiger partial charge is 0.347 e. The molecule has 1 aromatic rings. The van der Waals surface area contributed by atoms with Crippen molar-refractivity contribution in [1.82, 2.24) is 4.90 Å². The number of nitrogens with one attached hydrogen (secondary N) is 1. The summed E-state index contributed by atoms with van der Waals surface area (Å²) in [5, 5.41) is 2.62. The Bertz CT molecular complexity index is 737. The summed E-state index contributed by atoms with van der Waals surface area (Å²) in [5.74, 6) is -1.63. The highest BCUT2D eigenvalue weighted by Crippen LogP contribution is 2.49. The second-order valence-corrected chi connectivity index (χ2v) is 7.47. The van der Waals surface area contributed by atoms with Crippen LogP contribution in [-0.4, -0.2) is 48.8 Å². The highest BCUT2D eigenvalue weighted by atomic mass is 35.5. The van der Waals surface area contributed by atoms with Crippen LogP contribution in [0.4, 0.5) is 10.1 Å². The van der Waals surface area contributed by atoms with E-state index in [-0.39, 0.29) is 16.8 Å². The number of piperidine rings is 1. The third-order valence-electron chi connectivity index (χ3n) is 5.40. The number of ether oxygens (including phenoxy) is 2. The summed E-state index contributed by atoms with van der Waals surface area (Å²) in [6, 6.07) is 3.96. The van der Waals surface area contributed by atoms with Crippen LogP contribution in [-0.2, 0) is 19.1 Å². The molecule has 0 unspecified atom stereocenters. The number of amides is 2. The minimum atomic E-state index is -1.03. The summed E-state index contributed by atoms with van der Waals surface area (Å²) in [6.45, 7) is 2.19. The van der Waals surface area contributed by atoms with Crippen molar-refractivity contribution in [2.75, 3.05) is 31.6 Å². The number of hydrogen-bond acceptors (Lipinski definition) is 4. The monoisotopic (exact) mass is 382 g/mol. The summed E-state index contributed by atoms with van der Waals surface area (Å²) in [7, 11) is 0. The molecule has 1 spiro atoms. The van der Waals surface area contributed by atoms with Crippen LogP contribution in [0, 0.1) is 11.2 Å². The molecule has 8 heteroatoms. The van der Waals surface area contributed by atoms with Gasteiger partial charge in [0.2, 0.25) is 11.8 Å². The van der Waals surface area contributed by atoms with E-state index in [0.717, 1.165) is 0 Å². The van der Waals surface area contributed by atoms with Crippen LogP contribution in [0.1, 0.15) is 25.7 Å². The first-order valence-electron chi connectivity index (χ1n) is 8.78. The smallest absolute Gasteiger partial charge is 0.240 e. The highest BCUT2D eigenvalue weighted by Gasteiger charge is 2.58. The van der Waals surface area contributed by atoms with Crippen molar-refractivity contribution >= 4 is 29.1 Å². The zero-order valence-electron chi connectivity index (χ0n) is 14.2. The maximum Gasteiger partial charge on any atom is 0.240 e. The fourth-order valence-corrected chi connectivity index (χ4v) is 3.81. The molecule has 140 valence electrons. The summed E-state index contributed by atoms with van der Waals surface area (Å²) >= 11 is 5.75. The fourth-order valence-electron chi connectivity index (χ4n) is 3.63. The van der Waals surface area contributed by atoms with Gasteiger partial charge in [0.15, 0.2) is 5.79 Å². The van der Waals surface area contributed by atoms with Crippen LogP contribution in [0.25, 0.3) is 0 Å². The van der Waals surface area contributed by atoms with Gasteiger partial charge in [-0.2, -0.15) is 0 Å². The van der Waals surface area contributed by atoms with Gasteiger partial charge in [-0.05, 0) is 31.0 Å². The Morgan fingerprint density at radius 1 is 1.12 bits per heavy atom. The lowest BCUT2D eigenvalue weighted by Gasteiger charge is -2.38. The third-order valence-corrected chi connectivity index (χ3v) is 5.69. The van der Waals surface area contributed by atoms with Gasteiger partial charge in [-0.15, -0.1) is 0 Å². The molecule has 0 aromatic heterocycles. The highest BCUT2D eigenvalue weighted by molar-refractivity contribution is 6.31. The molecule has 2 amide bonds. The van der Waals surface area contributed by atoms with E-state index in [1.807, 2.05) is 0 Å². The topological polar surface area (TPSA) is 67.9 Å². The van der Waals surface area contributed by atoms with Crippen LogP contribution in [0.3, 0.4) is 0 Å². The van der Waals surface area contributed by atoms with Crippen molar-refractivity contribution in [2.24, 2.45) is 5.41 Å². The molecule has 1 saturated carbocycles. The molecule has 4 rings (SSSR count). The summed E-state index contributed by atoms with van der Waals surface area (Å²) in [5.41, 5.74) is -0.645. The minimum Gasteiger partial charge on any atom is -0.347 e. The first-order chi connectivity index (χ1) is 12.4. The van der Waals surface area contributed by atoms with E-state index in [1.165, 1.54) is 18.2 Å². The number of nitrogens with zero attached hydrogens (tertiary/aromatic N) is 1. The van der Waals surface area contributed by atoms with Crippen molar-refractivity contribution in [2.45, 2.75) is 31.5 Å². The first-order valence-corrected chi connectivity index (χ1v) is 9.16. The lowest BCUT2D eigenvalue weighted by molar-refractivity contribution is -0.188. The van der Waals surface area contributed by atoms with E-state index in [0.29, 0.717) is 57.7 Å². The molecule has 2 saturated heterocycles. The van der Waals surface area contributed by atoms with Crippen molar-refractivity contribution in [3.05, 3.63) is 29.0 Å². The number of benzene rings is 1. The SMILES string of the molecule is O=C(Nc1ccc(F)c(Cl)c1)C1(C(=O)N2CCC3(CC2)OCCO3)CC1. The predicted molar refractivity (Wildman–Crippen MR) is 92.2 cm³/mol. The quantitative estimate of drug-likeness (QED) is 0.816. The number of carbonyl (C=O) groups is 2. The number of rotatable bonds is 3. The van der Waals surface area contributed by atoms with Gasteiger partial charge in [0.1, 0.15) is 11.2 Å². The van der Waals surface area contributed by atoms with Gasteiger partial charge in [-0.3, -0.25) is 9.59 Å². The number of halogens is 2. The normalized spacial score (nSPS) is 23.1. The standard InChI is InChI=1S/C18H20ClFN2O4/c19-13-11-12(1-2-14(13)20)21-15(23)17(3-4-17)16(24)22-7-5-18(6-8-22)25-9-10-26-18/h1-2,11H,3-10H2,(H,21,23). The van der Waals surface area contributed by atoms with E-state index in [2.05, 4.69) is 5.32 Å². The maximum atomic E-state index is 13.3. The second kappa shape index (κ2) is 6.48. The van der Waals surface area contributed by atoms with Gasteiger partial charge in [-0.25, -0.2) is 4.39 Å². The molecule has 2 aliphatic heterocycles. The van der Waals surface area contributed by atoms with Gasteiger partial charge in [0.05, 0.1) is 18.2 Å². The van der Waals surface area contributed by atoms with E-state index in [9.17, 15) is 14.0 Å². The van der Waals surface area contributed by atoms with Gasteiger partial charge in [-0.1, -0.05) is 11.6 Å². The van der Waals surface area contributed by atoms with Crippen molar-refractivity contribution in [1.29, 1.82) is 0 Å². The average molecular weight is 383 g/mol. The zero-order chi connectivity index (χ0) is 18.4. The first kappa shape index (κ1) is 17.7. The molecule has 1 N–H and O–H groups in total. The maximum absolute atomic E-state index is 13.3. The fraction of sp³-hybridized carbons (Fsp3) is 0.556. The molecule has 0 atom stereocenters. The molecule has 26 heavy (non-hydrogen) atoms. The van der Waals surface area contributed by atoms with Crippen molar-refractivity contribution in [3.63, 3.8) is 0 Å². The molecule has 1 aliphatic carbocycles. The van der Waals surface area contributed by atoms with E-state index in [4.69, 9.17) is 21.1 Å². The lowest BCUT2D eigenvalue weighted by atomic mass is 9.98. The number of hydrogen-bond donors (Lipinski definition) is 1. The van der Waals surface area contributed by atoms with Crippen LogP contribution >= 0.6 is 11.6 Å². The van der Waals surface area contributed by atoms with E-state index < -0.39 is 17.0 Å². The van der Waals surface area contributed by atoms with E-state index in [1.54, 1.807) is 4.90 Å². The molecular formula is C18H20ClFN2O4. The summed E-state index contributed by atoms with van der Waals surface area (Å²) in [6.07, 6.45) is 2.26. The van der Waals surface area contributed by atoms with Crippen LogP contribution in [0.2, 0.25) is 5.02 Å². The van der Waals surface area contributed by atoms with Gasteiger partial charge >= 0.3 is 0 Å². The Balaban J connectivity index is 1.40. The molecule has 3 fully saturated rings. The van der Waals surface area contributed by atoms with Crippen molar-refractivity contribution in [3.8, 4) is 0 Å². The lowest BCUT2D eigenvalue weighted by Crippen LogP contribution is -2.51. The van der Waals surface area contributed by atoms with E-state index >= 15 is 0 Å². The van der Waals surface area contributed by atoms with Crippen LogP contribution in [0.15, 0.2) is 18.2 Å². The molecule has 0 radical (unpaired) electrons. The Kier molecular flexibility index (Phi) is 4.41. The van der Waals surface area contributed by atoms with Gasteiger partial charge in [0, 0.05) is 31.6 Å². The number of anilines is 1. The van der Waals surface area contributed by atoms with Gasteiger partial charge < -0.3 is 19.7 Å². The zero-order valence-corrected chi connectivity index (χ0v) is 15.0. The molecule has 6 nitrogen and oxygen atoms in total. The van der Waals surface area contributed by atoms with Crippen molar-refractivity contribution < 1.29 is 23.5 Å². The van der Waals surface area contributed by atoms with Gasteiger partial charge in [0.25, 0.3) is 0 Å². The van der Waals surface area contributed by atoms with Crippen LogP contribution in [0.5, 0.6) is 0 Å². The van der Waals surface area contributed by atoms with Crippen LogP contribution < -0.4 is 5.32 Å². The Morgan fingerprint density at radius 2 is 1.77 bits per heavy atom. The molecule has 0 bridgehead atoms. The summed E-state index contributed by atoms with van der Waals surface area (Å²) in [4.78, 5) is 27.3. The predicted octanol–water partition coefficient (Wildman–Crippen LogP) is 2.56. The Morgan fingerprint density at radius 3 is 2.35 bits per heavy atom. The molecule has 1 aromatic carbocycles. The second-order valence-electron chi connectivity index (χ2n) is 7.06. The number of carbonyl (C=O) groups excluding carboxylic acids is 2. The summed E-state index contributed by atoms with van der Waals surface area (Å²) < 4.78 is 24.6. The number of likely N-dealkylation sites (tertiary alicyclic amines) is 1. The molecule has 3 aliphatic rings. The average Bonchev–Trinajstić information content (AvgIpc) is 3.34.